The fraction of sp³-hybridized carbons (Fsp3) is 0. The van der Waals surface area contributed by atoms with E-state index in [9.17, 15) is 5.11 Å². The van der Waals surface area contributed by atoms with Crippen LogP contribution in [-0.4, -0.2) is 19.6 Å². The van der Waals surface area contributed by atoms with Crippen LogP contribution in [0.2, 0.25) is 0 Å². The molecule has 0 unspecified atom stereocenters. The molecule has 0 saturated carbocycles. The van der Waals surface area contributed by atoms with E-state index in [4.69, 9.17) is 9.97 Å². The summed E-state index contributed by atoms with van der Waals surface area (Å²) >= 11 is 0. The van der Waals surface area contributed by atoms with Crippen LogP contribution < -0.4 is 0 Å². The molecular weight excluding hydrogens is 587 g/mol. The second-order valence-electron chi connectivity index (χ2n) is 12.0. The van der Waals surface area contributed by atoms with E-state index in [1.807, 2.05) is 66.9 Å². The highest BCUT2D eigenvalue weighted by atomic mass is 16.3. The number of fused-ring (bicyclic) bond motifs is 4. The Balaban J connectivity index is 1.27. The van der Waals surface area contributed by atoms with E-state index in [1.54, 1.807) is 0 Å². The first-order chi connectivity index (χ1) is 23.7. The van der Waals surface area contributed by atoms with Crippen LogP contribution in [0.4, 0.5) is 0 Å². The monoisotopic (exact) mass is 615 g/mol. The molecule has 0 radical (unpaired) electrons. The van der Waals surface area contributed by atoms with E-state index in [-0.39, 0.29) is 5.75 Å². The molecule has 3 heterocycles. The van der Waals surface area contributed by atoms with Gasteiger partial charge in [-0.1, -0.05) is 115 Å². The van der Waals surface area contributed by atoms with E-state index in [1.165, 1.54) is 5.39 Å². The van der Waals surface area contributed by atoms with Gasteiger partial charge in [-0.25, -0.2) is 9.97 Å². The quantitative estimate of drug-likeness (QED) is 0.210. The zero-order chi connectivity index (χ0) is 32.0. The molecule has 9 aromatic rings. The molecule has 0 spiro atoms. The van der Waals surface area contributed by atoms with Gasteiger partial charge in [-0.05, 0) is 70.6 Å². The normalized spacial score (nSPS) is 11.4. The highest BCUT2D eigenvalue weighted by molar-refractivity contribution is 6.08. The molecule has 1 N–H and O–H groups in total. The summed E-state index contributed by atoms with van der Waals surface area (Å²) < 4.78 is 2.22. The predicted molar refractivity (Wildman–Crippen MR) is 197 cm³/mol. The van der Waals surface area contributed by atoms with Crippen LogP contribution >= 0.6 is 0 Å². The van der Waals surface area contributed by atoms with Gasteiger partial charge in [-0.3, -0.25) is 4.57 Å². The number of phenolic OH excluding ortho intramolecular Hbond substituents is 1. The first-order valence-corrected chi connectivity index (χ1v) is 16.1. The lowest BCUT2D eigenvalue weighted by Gasteiger charge is -2.16. The van der Waals surface area contributed by atoms with Gasteiger partial charge in [0.25, 0.3) is 0 Å². The Hall–Kier alpha value is -6.52. The summed E-state index contributed by atoms with van der Waals surface area (Å²) in [5, 5.41) is 16.3. The van der Waals surface area contributed by atoms with Gasteiger partial charge in [-0.15, -0.1) is 0 Å². The summed E-state index contributed by atoms with van der Waals surface area (Å²) in [6.45, 7) is 0. The Morgan fingerprint density at radius 3 is 1.98 bits per heavy atom. The van der Waals surface area contributed by atoms with Gasteiger partial charge in [0.15, 0.2) is 0 Å². The van der Waals surface area contributed by atoms with Crippen LogP contribution in [-0.2, 0) is 0 Å². The van der Waals surface area contributed by atoms with Crippen molar-refractivity contribution in [3.63, 3.8) is 0 Å². The van der Waals surface area contributed by atoms with Crippen molar-refractivity contribution in [2.24, 2.45) is 0 Å². The molecule has 226 valence electrons. The minimum absolute atomic E-state index is 0.208. The van der Waals surface area contributed by atoms with Crippen molar-refractivity contribution in [1.29, 1.82) is 0 Å². The van der Waals surface area contributed by atoms with Gasteiger partial charge in [-0.2, -0.15) is 0 Å². The van der Waals surface area contributed by atoms with Crippen LogP contribution in [0.3, 0.4) is 0 Å². The predicted octanol–water partition coefficient (Wildman–Crippen LogP) is 11.1. The lowest BCUT2D eigenvalue weighted by atomic mass is 9.92. The fourth-order valence-corrected chi connectivity index (χ4v) is 6.87. The van der Waals surface area contributed by atoms with E-state index in [0.717, 1.165) is 66.5 Å². The van der Waals surface area contributed by atoms with Crippen molar-refractivity contribution in [3.05, 3.63) is 170 Å². The summed E-state index contributed by atoms with van der Waals surface area (Å²) in [5.41, 5.74) is 10.1. The van der Waals surface area contributed by atoms with Gasteiger partial charge in [0, 0.05) is 44.7 Å². The Morgan fingerprint density at radius 2 is 1.15 bits per heavy atom. The van der Waals surface area contributed by atoms with Crippen LogP contribution in [0.1, 0.15) is 0 Å². The van der Waals surface area contributed by atoms with Gasteiger partial charge in [0.1, 0.15) is 11.4 Å². The maximum Gasteiger partial charge on any atom is 0.145 e. The SMILES string of the molecule is Oc1c(-c2ccccc2)cc(-c2ccccc2)cc1-c1cc2ccccc2c(-c2cccc(-n3c4ccccc4c4cccnc43)c2)n1. The van der Waals surface area contributed by atoms with Crippen molar-refractivity contribution >= 4 is 32.7 Å². The lowest BCUT2D eigenvalue weighted by molar-refractivity contribution is 0.479. The zero-order valence-electron chi connectivity index (χ0n) is 26.0. The number of hydrogen-bond acceptors (Lipinski definition) is 3. The highest BCUT2D eigenvalue weighted by Gasteiger charge is 2.19. The molecule has 4 heteroatoms. The standard InChI is InChI=1S/C44H29N3O/c48-43-38(30-15-5-2-6-16-30)26-33(29-13-3-1-4-14-29)27-39(43)40-28-31-17-7-8-20-35(31)42(46-40)32-18-11-19-34(25-32)47-41-23-10-9-21-36(41)37-22-12-24-45-44(37)47/h1-28,48H. The number of aromatic nitrogens is 3. The molecule has 9 rings (SSSR count). The van der Waals surface area contributed by atoms with Gasteiger partial charge < -0.3 is 5.11 Å². The van der Waals surface area contributed by atoms with Crippen molar-refractivity contribution in [1.82, 2.24) is 14.5 Å². The molecule has 3 aromatic heterocycles. The minimum Gasteiger partial charge on any atom is -0.507 e. The number of hydrogen-bond donors (Lipinski definition) is 1. The Labute approximate surface area is 277 Å². The molecule has 0 aliphatic heterocycles. The third kappa shape index (κ3) is 4.62. The average molecular weight is 616 g/mol. The van der Waals surface area contributed by atoms with Crippen molar-refractivity contribution in [2.75, 3.05) is 0 Å². The molecule has 0 fully saturated rings. The van der Waals surface area contributed by atoms with Crippen molar-refractivity contribution in [3.8, 4) is 56.2 Å². The molecule has 0 saturated heterocycles. The van der Waals surface area contributed by atoms with E-state index >= 15 is 0 Å². The molecule has 6 aromatic carbocycles. The van der Waals surface area contributed by atoms with Crippen LogP contribution in [0.25, 0.3) is 83.2 Å². The maximum absolute atomic E-state index is 11.9. The number of benzene rings is 6. The smallest absolute Gasteiger partial charge is 0.145 e. The van der Waals surface area contributed by atoms with Crippen LogP contribution in [0, 0.1) is 0 Å². The maximum atomic E-state index is 11.9. The molecule has 0 amide bonds. The number of para-hydroxylation sites is 1. The van der Waals surface area contributed by atoms with E-state index in [2.05, 4.69) is 108 Å². The molecule has 0 aliphatic rings. The lowest BCUT2D eigenvalue weighted by Crippen LogP contribution is -1.97. The summed E-state index contributed by atoms with van der Waals surface area (Å²) in [5.74, 6) is 0.208. The minimum atomic E-state index is 0.208. The highest BCUT2D eigenvalue weighted by Crippen LogP contribution is 2.43. The van der Waals surface area contributed by atoms with Crippen LogP contribution in [0.15, 0.2) is 170 Å². The molecule has 0 bridgehead atoms. The topological polar surface area (TPSA) is 50.9 Å². The van der Waals surface area contributed by atoms with Crippen molar-refractivity contribution < 1.29 is 5.11 Å². The number of nitrogens with zero attached hydrogens (tertiary/aromatic N) is 3. The number of phenols is 1. The molecular formula is C44H29N3O. The summed E-state index contributed by atoms with van der Waals surface area (Å²) in [6.07, 6.45) is 1.85. The Bertz CT molecular complexity index is 2570. The molecule has 0 aliphatic carbocycles. The number of pyridine rings is 2. The third-order valence-corrected chi connectivity index (χ3v) is 9.13. The fourth-order valence-electron chi connectivity index (χ4n) is 6.87. The molecule has 0 atom stereocenters. The Kier molecular flexibility index (Phi) is 6.58. The second-order valence-corrected chi connectivity index (χ2v) is 12.0. The van der Waals surface area contributed by atoms with Gasteiger partial charge >= 0.3 is 0 Å². The zero-order valence-corrected chi connectivity index (χ0v) is 26.0. The number of rotatable bonds is 5. The van der Waals surface area contributed by atoms with Gasteiger partial charge in [0.05, 0.1) is 16.9 Å². The number of aromatic hydroxyl groups is 1. The summed E-state index contributed by atoms with van der Waals surface area (Å²) in [7, 11) is 0. The van der Waals surface area contributed by atoms with Crippen molar-refractivity contribution in [2.45, 2.75) is 0 Å². The Morgan fingerprint density at radius 1 is 0.479 bits per heavy atom. The van der Waals surface area contributed by atoms with E-state index < -0.39 is 0 Å². The van der Waals surface area contributed by atoms with Gasteiger partial charge in [0.2, 0.25) is 0 Å². The third-order valence-electron chi connectivity index (χ3n) is 9.13. The van der Waals surface area contributed by atoms with Crippen LogP contribution in [0.5, 0.6) is 5.75 Å². The van der Waals surface area contributed by atoms with E-state index in [0.29, 0.717) is 11.3 Å². The second kappa shape index (κ2) is 11.4. The molecule has 48 heavy (non-hydrogen) atoms. The average Bonchev–Trinajstić information content (AvgIpc) is 3.50. The largest absolute Gasteiger partial charge is 0.507 e. The summed E-state index contributed by atoms with van der Waals surface area (Å²) in [4.78, 5) is 10.1. The first-order valence-electron chi connectivity index (χ1n) is 16.1. The summed E-state index contributed by atoms with van der Waals surface area (Å²) in [6, 6.07) is 55.9. The first kappa shape index (κ1) is 27.8. The molecule has 4 nitrogen and oxygen atoms in total.